The van der Waals surface area contributed by atoms with E-state index >= 15 is 0 Å². The molecule has 2 aromatic carbocycles. The lowest BCUT2D eigenvalue weighted by atomic mass is 10.1. The summed E-state index contributed by atoms with van der Waals surface area (Å²) in [5, 5.41) is 26.2. The summed E-state index contributed by atoms with van der Waals surface area (Å²) in [5.74, 6) is 1.16. The molecule has 6 nitrogen and oxygen atoms in total. The fraction of sp³-hybridized carbons (Fsp3) is 0.0714. The van der Waals surface area contributed by atoms with E-state index in [0.29, 0.717) is 28.3 Å². The predicted molar refractivity (Wildman–Crippen MR) is 75.2 cm³/mol. The number of benzene rings is 2. The van der Waals surface area contributed by atoms with Gasteiger partial charge >= 0.3 is 7.32 Å². The van der Waals surface area contributed by atoms with Crippen molar-refractivity contribution in [2.45, 2.75) is 6.61 Å². The van der Waals surface area contributed by atoms with E-state index in [1.807, 2.05) is 6.07 Å². The molecule has 0 spiro atoms. The van der Waals surface area contributed by atoms with Crippen LogP contribution in [-0.4, -0.2) is 17.4 Å². The zero-order chi connectivity index (χ0) is 15.2. The Morgan fingerprint density at radius 3 is 2.38 bits per heavy atom. The van der Waals surface area contributed by atoms with Gasteiger partial charge in [0.1, 0.15) is 17.2 Å². The molecule has 5 N–H and O–H groups in total. The lowest BCUT2D eigenvalue weighted by Gasteiger charge is -2.09. The summed E-state index contributed by atoms with van der Waals surface area (Å²) in [6.45, 7) is 0.0150. The van der Waals surface area contributed by atoms with Gasteiger partial charge < -0.3 is 25.2 Å². The second-order valence-electron chi connectivity index (χ2n) is 4.31. The number of rotatable bonds is 5. The van der Waals surface area contributed by atoms with Gasteiger partial charge in [0.2, 0.25) is 0 Å². The minimum absolute atomic E-state index is 0.0150. The van der Waals surface area contributed by atoms with Crippen molar-refractivity contribution >= 4 is 13.0 Å². The Kier molecular flexibility index (Phi) is 4.92. The van der Waals surface area contributed by atoms with Crippen LogP contribution < -0.4 is 10.5 Å². The van der Waals surface area contributed by atoms with E-state index in [9.17, 15) is 0 Å². The van der Waals surface area contributed by atoms with Crippen molar-refractivity contribution in [3.05, 3.63) is 53.6 Å². The Morgan fingerprint density at radius 1 is 1.10 bits per heavy atom. The normalized spacial score (nSPS) is 10.0. The second kappa shape index (κ2) is 6.88. The van der Waals surface area contributed by atoms with Gasteiger partial charge in [-0.1, -0.05) is 0 Å². The number of hydrogen-bond donors (Lipinski definition) is 3. The molecule has 0 unspecified atom stereocenters. The van der Waals surface area contributed by atoms with Gasteiger partial charge in [0, 0.05) is 11.6 Å². The Morgan fingerprint density at radius 2 is 1.76 bits per heavy atom. The number of quaternary nitrogens is 1. The van der Waals surface area contributed by atoms with Crippen LogP contribution in [0, 0.1) is 11.3 Å². The molecule has 0 saturated carbocycles. The topological polar surface area (TPSA) is 110 Å². The highest BCUT2D eigenvalue weighted by Gasteiger charge is 2.12. The number of nitriles is 1. The number of ether oxygens (including phenoxy) is 1. The molecule has 0 amide bonds. The Hall–Kier alpha value is -2.37. The zero-order valence-electron chi connectivity index (χ0n) is 11.2. The molecule has 0 aliphatic carbocycles. The SMILES string of the molecule is N#Cc1ccc(Oc2ccc([NH3+])c(COB(O)O)c2)cc1. The van der Waals surface area contributed by atoms with Crippen molar-refractivity contribution in [1.82, 2.24) is 0 Å². The maximum atomic E-state index is 8.74. The van der Waals surface area contributed by atoms with Gasteiger partial charge in [-0.05, 0) is 36.4 Å². The van der Waals surface area contributed by atoms with Crippen molar-refractivity contribution < 1.29 is 25.2 Å². The van der Waals surface area contributed by atoms with E-state index in [-0.39, 0.29) is 6.61 Å². The zero-order valence-corrected chi connectivity index (χ0v) is 11.2. The predicted octanol–water partition coefficient (Wildman–Crippen LogP) is 0.710. The van der Waals surface area contributed by atoms with Gasteiger partial charge in [-0.25, -0.2) is 0 Å². The van der Waals surface area contributed by atoms with Crippen LogP contribution in [0.25, 0.3) is 0 Å². The lowest BCUT2D eigenvalue weighted by Crippen LogP contribution is -2.41. The van der Waals surface area contributed by atoms with Crippen LogP contribution >= 0.6 is 0 Å². The maximum Gasteiger partial charge on any atom is 0.634 e. The number of hydrogen-bond acceptors (Lipinski definition) is 5. The third-order valence-corrected chi connectivity index (χ3v) is 2.78. The molecule has 21 heavy (non-hydrogen) atoms. The van der Waals surface area contributed by atoms with Gasteiger partial charge in [-0.2, -0.15) is 5.26 Å². The van der Waals surface area contributed by atoms with Crippen molar-refractivity contribution in [2.24, 2.45) is 0 Å². The molecule has 0 radical (unpaired) electrons. The molecular formula is C14H14BN2O4+. The minimum atomic E-state index is -1.83. The molecule has 106 valence electrons. The fourth-order valence-corrected chi connectivity index (χ4v) is 1.70. The second-order valence-corrected chi connectivity index (χ2v) is 4.31. The Labute approximate surface area is 122 Å². The summed E-state index contributed by atoms with van der Waals surface area (Å²) < 4.78 is 10.4. The monoisotopic (exact) mass is 285 g/mol. The molecule has 0 bridgehead atoms. The third-order valence-electron chi connectivity index (χ3n) is 2.78. The van der Waals surface area contributed by atoms with Crippen LogP contribution in [-0.2, 0) is 11.3 Å². The molecule has 2 rings (SSSR count). The molecule has 0 fully saturated rings. The maximum absolute atomic E-state index is 8.74. The first-order valence-electron chi connectivity index (χ1n) is 6.19. The average molecular weight is 285 g/mol. The first-order chi connectivity index (χ1) is 10.1. The largest absolute Gasteiger partial charge is 0.634 e. The Balaban J connectivity index is 2.12. The quantitative estimate of drug-likeness (QED) is 0.701. The van der Waals surface area contributed by atoms with Crippen molar-refractivity contribution in [1.29, 1.82) is 5.26 Å². The van der Waals surface area contributed by atoms with Crippen molar-refractivity contribution in [3.63, 3.8) is 0 Å². The van der Waals surface area contributed by atoms with Gasteiger partial charge in [-0.3, -0.25) is 0 Å². The van der Waals surface area contributed by atoms with Gasteiger partial charge in [-0.15, -0.1) is 0 Å². The molecule has 0 atom stereocenters. The van der Waals surface area contributed by atoms with Gasteiger partial charge in [0.15, 0.2) is 0 Å². The van der Waals surface area contributed by atoms with E-state index in [1.165, 1.54) is 0 Å². The van der Waals surface area contributed by atoms with Crippen LogP contribution in [0.3, 0.4) is 0 Å². The molecule has 0 heterocycles. The van der Waals surface area contributed by atoms with Crippen LogP contribution in [0.4, 0.5) is 5.69 Å². The highest BCUT2D eigenvalue weighted by Crippen LogP contribution is 2.25. The summed E-state index contributed by atoms with van der Waals surface area (Å²) >= 11 is 0. The molecule has 0 aromatic heterocycles. The number of nitrogens with zero attached hydrogens (tertiary/aromatic N) is 1. The average Bonchev–Trinajstić information content (AvgIpc) is 2.48. The molecule has 7 heteroatoms. The first kappa shape index (κ1) is 15.0. The lowest BCUT2D eigenvalue weighted by molar-refractivity contribution is -0.256. The molecule has 2 aromatic rings. The van der Waals surface area contributed by atoms with Crippen LogP contribution in [0.5, 0.6) is 11.5 Å². The van der Waals surface area contributed by atoms with Crippen molar-refractivity contribution in [3.8, 4) is 17.6 Å². The summed E-state index contributed by atoms with van der Waals surface area (Å²) in [5.41, 5.74) is 5.79. The molecule has 0 aliphatic heterocycles. The van der Waals surface area contributed by atoms with E-state index < -0.39 is 7.32 Å². The summed E-state index contributed by atoms with van der Waals surface area (Å²) in [6.07, 6.45) is 0. The minimum Gasteiger partial charge on any atom is -0.457 e. The van der Waals surface area contributed by atoms with E-state index in [4.69, 9.17) is 24.7 Å². The van der Waals surface area contributed by atoms with E-state index in [1.54, 1.807) is 42.5 Å². The van der Waals surface area contributed by atoms with Gasteiger partial charge in [0.25, 0.3) is 0 Å². The highest BCUT2D eigenvalue weighted by molar-refractivity contribution is 6.32. The Bertz CT molecular complexity index is 653. The van der Waals surface area contributed by atoms with E-state index in [0.717, 1.165) is 0 Å². The molecule has 0 aliphatic rings. The standard InChI is InChI=1S/C14H13BN2O4/c16-8-10-1-3-12(4-2-10)21-13-5-6-14(17)11(7-13)9-20-15(18)19/h1-7,18-19H,9,17H2/p+1. The smallest absolute Gasteiger partial charge is 0.457 e. The summed E-state index contributed by atoms with van der Waals surface area (Å²) in [6, 6.07) is 14.0. The van der Waals surface area contributed by atoms with Crippen LogP contribution in [0.2, 0.25) is 0 Å². The first-order valence-corrected chi connectivity index (χ1v) is 6.19. The fourth-order valence-electron chi connectivity index (χ4n) is 1.70. The molecule has 0 saturated heterocycles. The molecular weight excluding hydrogens is 271 g/mol. The van der Waals surface area contributed by atoms with Crippen LogP contribution in [0.15, 0.2) is 42.5 Å². The third kappa shape index (κ3) is 4.31. The van der Waals surface area contributed by atoms with Gasteiger partial charge in [0.05, 0.1) is 18.2 Å². The summed E-state index contributed by atoms with van der Waals surface area (Å²) in [7, 11) is -1.83. The highest BCUT2D eigenvalue weighted by atomic mass is 16.6. The summed E-state index contributed by atoms with van der Waals surface area (Å²) in [4.78, 5) is 0. The van der Waals surface area contributed by atoms with Crippen LogP contribution in [0.1, 0.15) is 11.1 Å². The van der Waals surface area contributed by atoms with E-state index in [2.05, 4.69) is 5.73 Å². The van der Waals surface area contributed by atoms with Crippen molar-refractivity contribution in [2.75, 3.05) is 0 Å².